The van der Waals surface area contributed by atoms with Crippen molar-refractivity contribution < 1.29 is 9.18 Å². The Balaban J connectivity index is 1.60. The van der Waals surface area contributed by atoms with Gasteiger partial charge in [0.25, 0.3) is 0 Å². The van der Waals surface area contributed by atoms with Gasteiger partial charge in [-0.2, -0.15) is 0 Å². The van der Waals surface area contributed by atoms with Gasteiger partial charge in [0.15, 0.2) is 5.78 Å². The van der Waals surface area contributed by atoms with Gasteiger partial charge in [-0.05, 0) is 54.7 Å². The number of aryl methyl sites for hydroxylation is 1. The zero-order valence-electron chi connectivity index (χ0n) is 16.8. The summed E-state index contributed by atoms with van der Waals surface area (Å²) in [6.07, 6.45) is 1.23. The normalized spacial score (nSPS) is 20.5. The molecule has 0 amide bonds. The van der Waals surface area contributed by atoms with Crippen LogP contribution >= 0.6 is 0 Å². The van der Waals surface area contributed by atoms with Gasteiger partial charge in [0, 0.05) is 17.7 Å². The van der Waals surface area contributed by atoms with E-state index < -0.39 is 0 Å². The van der Waals surface area contributed by atoms with Crippen LogP contribution < -0.4 is 10.6 Å². The summed E-state index contributed by atoms with van der Waals surface area (Å²) in [6.45, 7) is 2.07. The van der Waals surface area contributed by atoms with Gasteiger partial charge >= 0.3 is 0 Å². The van der Waals surface area contributed by atoms with E-state index in [1.807, 2.05) is 24.3 Å². The molecule has 2 atom stereocenters. The van der Waals surface area contributed by atoms with E-state index >= 15 is 0 Å². The van der Waals surface area contributed by atoms with E-state index in [-0.39, 0.29) is 23.6 Å². The number of halogens is 1. The topological polar surface area (TPSA) is 41.1 Å². The Morgan fingerprint density at radius 3 is 2.23 bits per heavy atom. The van der Waals surface area contributed by atoms with E-state index in [0.717, 1.165) is 34.6 Å². The number of rotatable bonds is 2. The van der Waals surface area contributed by atoms with Crippen LogP contribution in [0.5, 0.6) is 0 Å². The van der Waals surface area contributed by atoms with Crippen molar-refractivity contribution >= 4 is 17.2 Å². The van der Waals surface area contributed by atoms with Crippen LogP contribution in [0.2, 0.25) is 0 Å². The maximum atomic E-state index is 13.5. The maximum absolute atomic E-state index is 13.5. The molecule has 0 unspecified atom stereocenters. The first kappa shape index (κ1) is 18.6. The number of hydrogen-bond donors (Lipinski definition) is 2. The number of Topliss-reactive ketones (excluding diaryl/α,β-unsaturated/α-hetero) is 1. The molecule has 0 saturated carbocycles. The monoisotopic (exact) mass is 398 g/mol. The number of benzene rings is 3. The third kappa shape index (κ3) is 3.39. The van der Waals surface area contributed by atoms with E-state index in [0.29, 0.717) is 6.42 Å². The van der Waals surface area contributed by atoms with Gasteiger partial charge in [-0.3, -0.25) is 4.79 Å². The number of anilines is 2. The van der Waals surface area contributed by atoms with Crippen molar-refractivity contribution in [2.75, 3.05) is 10.6 Å². The van der Waals surface area contributed by atoms with Gasteiger partial charge in [-0.15, -0.1) is 0 Å². The lowest BCUT2D eigenvalue weighted by Crippen LogP contribution is -2.26. The summed E-state index contributed by atoms with van der Waals surface area (Å²) in [4.78, 5) is 13.4. The number of carbonyl (C=O) groups is 1. The van der Waals surface area contributed by atoms with E-state index in [4.69, 9.17) is 0 Å². The molecule has 1 aliphatic carbocycles. The molecule has 3 nitrogen and oxygen atoms in total. The highest BCUT2D eigenvalue weighted by molar-refractivity contribution is 6.01. The summed E-state index contributed by atoms with van der Waals surface area (Å²) >= 11 is 0. The van der Waals surface area contributed by atoms with Gasteiger partial charge in [0.2, 0.25) is 0 Å². The molecule has 3 aromatic carbocycles. The van der Waals surface area contributed by atoms with Gasteiger partial charge in [-0.1, -0.05) is 54.1 Å². The standard InChI is InChI=1S/C26H23FN2O/c1-16-6-8-17(9-7-16)19-14-23-25(24(30)15-19)26(18-10-12-20(27)13-11-18)29-22-5-3-2-4-21(22)28-23/h2-13,19,26,28-29H,14-15H2,1H3/t19-,26+/m1/s1. The quantitative estimate of drug-likeness (QED) is 0.547. The van der Waals surface area contributed by atoms with Crippen LogP contribution in [0.25, 0.3) is 0 Å². The van der Waals surface area contributed by atoms with Crippen LogP contribution in [0.1, 0.15) is 41.5 Å². The lowest BCUT2D eigenvalue weighted by atomic mass is 9.78. The van der Waals surface area contributed by atoms with Crippen LogP contribution in [-0.2, 0) is 4.79 Å². The van der Waals surface area contributed by atoms with Crippen LogP contribution in [0.3, 0.4) is 0 Å². The molecular formula is C26H23FN2O. The van der Waals surface area contributed by atoms with Crippen LogP contribution in [0, 0.1) is 12.7 Å². The minimum atomic E-state index is -0.316. The molecule has 0 bridgehead atoms. The second kappa shape index (κ2) is 7.45. The summed E-state index contributed by atoms with van der Waals surface area (Å²) < 4.78 is 13.5. The highest BCUT2D eigenvalue weighted by Gasteiger charge is 2.35. The van der Waals surface area contributed by atoms with E-state index in [1.165, 1.54) is 23.3 Å². The second-order valence-electron chi connectivity index (χ2n) is 8.13. The molecular weight excluding hydrogens is 375 g/mol. The molecule has 30 heavy (non-hydrogen) atoms. The van der Waals surface area contributed by atoms with E-state index in [9.17, 15) is 9.18 Å². The number of allylic oxidation sites excluding steroid dienone is 1. The Labute approximate surface area is 175 Å². The molecule has 1 aliphatic heterocycles. The molecule has 0 saturated heterocycles. The summed E-state index contributed by atoms with van der Waals surface area (Å²) in [7, 11) is 0. The Morgan fingerprint density at radius 2 is 1.50 bits per heavy atom. The van der Waals surface area contributed by atoms with E-state index in [1.54, 1.807) is 12.1 Å². The third-order valence-electron chi connectivity index (χ3n) is 6.06. The van der Waals surface area contributed by atoms with Crippen molar-refractivity contribution in [1.29, 1.82) is 0 Å². The predicted octanol–water partition coefficient (Wildman–Crippen LogP) is 6.11. The SMILES string of the molecule is Cc1ccc([C@H]2CC(=O)C3=C(C2)Nc2ccccc2N[C@H]3c2ccc(F)cc2)cc1. The molecule has 4 heteroatoms. The number of ketones is 1. The second-order valence-corrected chi connectivity index (χ2v) is 8.13. The molecule has 2 aliphatic rings. The Bertz CT molecular complexity index is 1130. The van der Waals surface area contributed by atoms with Crippen LogP contribution in [0.15, 0.2) is 84.1 Å². The average Bonchev–Trinajstić information content (AvgIpc) is 2.91. The molecule has 0 spiro atoms. The highest BCUT2D eigenvalue weighted by Crippen LogP contribution is 2.44. The smallest absolute Gasteiger partial charge is 0.163 e. The Hall–Kier alpha value is -3.40. The van der Waals surface area contributed by atoms with Gasteiger partial charge in [-0.25, -0.2) is 4.39 Å². The molecule has 0 fully saturated rings. The summed E-state index contributed by atoms with van der Waals surface area (Å²) in [5.41, 5.74) is 6.86. The molecule has 1 heterocycles. The molecule has 3 aromatic rings. The van der Waals surface area contributed by atoms with Gasteiger partial charge < -0.3 is 10.6 Å². The first-order chi connectivity index (χ1) is 14.6. The van der Waals surface area contributed by atoms with Crippen LogP contribution in [0.4, 0.5) is 15.8 Å². The van der Waals surface area contributed by atoms with Gasteiger partial charge in [0.1, 0.15) is 5.82 Å². The summed E-state index contributed by atoms with van der Waals surface area (Å²) in [5, 5.41) is 7.06. The fourth-order valence-electron chi connectivity index (χ4n) is 4.47. The van der Waals surface area contributed by atoms with E-state index in [2.05, 4.69) is 41.8 Å². The number of hydrogen-bond acceptors (Lipinski definition) is 3. The Kier molecular flexibility index (Phi) is 4.62. The minimum absolute atomic E-state index is 0.129. The van der Waals surface area contributed by atoms with Crippen molar-refractivity contribution in [1.82, 2.24) is 0 Å². The lowest BCUT2D eigenvalue weighted by Gasteiger charge is -2.30. The first-order valence-corrected chi connectivity index (χ1v) is 10.3. The largest absolute Gasteiger partial charge is 0.372 e. The first-order valence-electron chi connectivity index (χ1n) is 10.3. The number of nitrogens with one attached hydrogen (secondary N) is 2. The zero-order chi connectivity index (χ0) is 20.7. The van der Waals surface area contributed by atoms with Crippen molar-refractivity contribution in [2.24, 2.45) is 0 Å². The predicted molar refractivity (Wildman–Crippen MR) is 118 cm³/mol. The molecule has 150 valence electrons. The number of carbonyl (C=O) groups excluding carboxylic acids is 1. The lowest BCUT2D eigenvalue weighted by molar-refractivity contribution is -0.116. The van der Waals surface area contributed by atoms with Crippen molar-refractivity contribution in [3.63, 3.8) is 0 Å². The fraction of sp³-hybridized carbons (Fsp3) is 0.192. The molecule has 2 N–H and O–H groups in total. The summed E-state index contributed by atoms with van der Waals surface area (Å²) in [5.74, 6) is -0.0121. The van der Waals surface area contributed by atoms with Gasteiger partial charge in [0.05, 0.1) is 17.4 Å². The number of fused-ring (bicyclic) bond motifs is 1. The fourth-order valence-corrected chi connectivity index (χ4v) is 4.47. The highest BCUT2D eigenvalue weighted by atomic mass is 19.1. The number of para-hydroxylation sites is 2. The average molecular weight is 398 g/mol. The molecule has 0 aromatic heterocycles. The minimum Gasteiger partial charge on any atom is -0.372 e. The molecule has 0 radical (unpaired) electrons. The molecule has 5 rings (SSSR count). The van der Waals surface area contributed by atoms with Crippen LogP contribution in [-0.4, -0.2) is 5.78 Å². The Morgan fingerprint density at radius 1 is 0.833 bits per heavy atom. The maximum Gasteiger partial charge on any atom is 0.163 e. The third-order valence-corrected chi connectivity index (χ3v) is 6.06. The van der Waals surface area contributed by atoms with Crippen molar-refractivity contribution in [3.05, 3.63) is 107 Å². The zero-order valence-corrected chi connectivity index (χ0v) is 16.8. The van der Waals surface area contributed by atoms with Crippen molar-refractivity contribution in [2.45, 2.75) is 31.7 Å². The van der Waals surface area contributed by atoms with Crippen molar-refractivity contribution in [3.8, 4) is 0 Å². The summed E-state index contributed by atoms with van der Waals surface area (Å²) in [6, 6.07) is 22.5.